The van der Waals surface area contributed by atoms with Gasteiger partial charge in [0.05, 0.1) is 5.41 Å². The lowest BCUT2D eigenvalue weighted by Crippen LogP contribution is -2.39. The molecule has 1 amide bonds. The predicted octanol–water partition coefficient (Wildman–Crippen LogP) is 1.85. The second-order valence-electron chi connectivity index (χ2n) is 4.07. The first kappa shape index (κ1) is 13.7. The fraction of sp³-hybridized carbons (Fsp3) is 0.500. The minimum atomic E-state index is -0.556. The van der Waals surface area contributed by atoms with E-state index in [0.717, 1.165) is 0 Å². The summed E-state index contributed by atoms with van der Waals surface area (Å²) in [4.78, 5) is 15.9. The van der Waals surface area contributed by atoms with Gasteiger partial charge in [-0.2, -0.15) is 5.26 Å². The number of nitrogens with one attached hydrogen (secondary N) is 2. The maximum Gasteiger partial charge on any atom is 0.227 e. The fourth-order valence-electron chi connectivity index (χ4n) is 1.16. The molecule has 0 aliphatic heterocycles. The first-order chi connectivity index (χ1) is 7.90. The summed E-state index contributed by atoms with van der Waals surface area (Å²) in [6, 6.07) is 1.95. The van der Waals surface area contributed by atoms with Crippen molar-refractivity contribution >= 4 is 34.0 Å². The Kier molecular flexibility index (Phi) is 4.32. The molecule has 92 valence electrons. The second-order valence-corrected chi connectivity index (χ2v) is 5.42. The van der Waals surface area contributed by atoms with E-state index in [1.165, 1.54) is 11.3 Å². The van der Waals surface area contributed by atoms with E-state index in [0.29, 0.717) is 16.6 Å². The van der Waals surface area contributed by atoms with Crippen molar-refractivity contribution in [3.05, 3.63) is 10.0 Å². The molecular weight excluding hydrogens is 260 g/mol. The Labute approximate surface area is 109 Å². The molecule has 0 bridgehead atoms. The highest BCUT2D eigenvalue weighted by molar-refractivity contribution is 7.16. The van der Waals surface area contributed by atoms with Crippen LogP contribution < -0.4 is 10.6 Å². The Hall–Kier alpha value is -1.32. The molecule has 17 heavy (non-hydrogen) atoms. The molecular formula is C10H13ClN4OS. The highest BCUT2D eigenvalue weighted by Crippen LogP contribution is 2.27. The van der Waals surface area contributed by atoms with Crippen LogP contribution in [0, 0.1) is 16.7 Å². The fourth-order valence-corrected chi connectivity index (χ4v) is 2.10. The van der Waals surface area contributed by atoms with Gasteiger partial charge in [-0.05, 0) is 13.8 Å². The van der Waals surface area contributed by atoms with Crippen LogP contribution in [0.3, 0.4) is 0 Å². The minimum Gasteiger partial charge on any atom is -0.360 e. The lowest BCUT2D eigenvalue weighted by Gasteiger charge is -2.22. The summed E-state index contributed by atoms with van der Waals surface area (Å²) in [5.41, 5.74) is -0.556. The van der Waals surface area contributed by atoms with Crippen molar-refractivity contribution in [3.63, 3.8) is 0 Å². The van der Waals surface area contributed by atoms with E-state index in [1.54, 1.807) is 7.05 Å². The average molecular weight is 273 g/mol. The molecule has 7 heteroatoms. The lowest BCUT2D eigenvalue weighted by molar-refractivity contribution is -0.128. The van der Waals surface area contributed by atoms with Crippen LogP contribution in [0.2, 0.25) is 5.15 Å². The first-order valence-electron chi connectivity index (χ1n) is 4.93. The van der Waals surface area contributed by atoms with Gasteiger partial charge in [0.25, 0.3) is 0 Å². The van der Waals surface area contributed by atoms with E-state index in [2.05, 4.69) is 15.6 Å². The number of nitriles is 1. The number of anilines is 1. The van der Waals surface area contributed by atoms with Crippen LogP contribution in [0.4, 0.5) is 5.13 Å². The van der Waals surface area contributed by atoms with E-state index >= 15 is 0 Å². The molecule has 0 unspecified atom stereocenters. The summed E-state index contributed by atoms with van der Waals surface area (Å²) in [7, 11) is 1.60. The van der Waals surface area contributed by atoms with Gasteiger partial charge in [0.15, 0.2) is 10.3 Å². The van der Waals surface area contributed by atoms with E-state index in [4.69, 9.17) is 16.9 Å². The molecule has 0 spiro atoms. The average Bonchev–Trinajstić information content (AvgIpc) is 2.66. The van der Waals surface area contributed by atoms with Crippen molar-refractivity contribution < 1.29 is 4.79 Å². The number of halogens is 1. The molecule has 0 radical (unpaired) electrons. The van der Waals surface area contributed by atoms with Crippen LogP contribution in [0.25, 0.3) is 0 Å². The van der Waals surface area contributed by atoms with Crippen LogP contribution in [0.5, 0.6) is 0 Å². The number of hydrogen-bond donors (Lipinski definition) is 2. The Balaban J connectivity index is 2.68. The van der Waals surface area contributed by atoms with Crippen molar-refractivity contribution in [2.45, 2.75) is 13.8 Å². The molecule has 0 aliphatic rings. The van der Waals surface area contributed by atoms with Crippen molar-refractivity contribution in [1.82, 2.24) is 10.3 Å². The van der Waals surface area contributed by atoms with Gasteiger partial charge in [0.1, 0.15) is 10.9 Å². The maximum atomic E-state index is 11.5. The summed E-state index contributed by atoms with van der Waals surface area (Å²) in [6.07, 6.45) is 0. The summed E-state index contributed by atoms with van der Waals surface area (Å²) in [5.74, 6) is -0.0619. The van der Waals surface area contributed by atoms with E-state index < -0.39 is 5.41 Å². The topological polar surface area (TPSA) is 77.8 Å². The Bertz CT molecular complexity index is 463. The zero-order chi connectivity index (χ0) is 13.1. The SMILES string of the molecule is CNC(=O)C(C)(C)CNc1nc(Cl)c(C#N)s1. The number of aromatic nitrogens is 1. The number of thiazole rings is 1. The molecule has 1 aromatic heterocycles. The quantitative estimate of drug-likeness (QED) is 0.877. The van der Waals surface area contributed by atoms with Crippen molar-refractivity contribution in [3.8, 4) is 6.07 Å². The Morgan fingerprint density at radius 2 is 2.29 bits per heavy atom. The van der Waals surface area contributed by atoms with Crippen molar-refractivity contribution in [1.29, 1.82) is 5.26 Å². The summed E-state index contributed by atoms with van der Waals surface area (Å²) < 4.78 is 0. The number of hydrogen-bond acceptors (Lipinski definition) is 5. The third-order valence-electron chi connectivity index (χ3n) is 2.21. The normalized spacial score (nSPS) is 10.8. The molecule has 0 atom stereocenters. The zero-order valence-corrected chi connectivity index (χ0v) is 11.4. The zero-order valence-electron chi connectivity index (χ0n) is 9.80. The molecule has 1 rings (SSSR count). The largest absolute Gasteiger partial charge is 0.360 e. The van der Waals surface area contributed by atoms with E-state index in [9.17, 15) is 4.79 Å². The van der Waals surface area contributed by atoms with Crippen LogP contribution >= 0.6 is 22.9 Å². The van der Waals surface area contributed by atoms with Crippen LogP contribution in [0.15, 0.2) is 0 Å². The number of carbonyl (C=O) groups is 1. The van der Waals surface area contributed by atoms with Gasteiger partial charge in [-0.3, -0.25) is 4.79 Å². The standard InChI is InChI=1S/C10H13ClN4OS/c1-10(2,8(16)13-3)5-14-9-15-7(11)6(4-12)17-9/h5H2,1-3H3,(H,13,16)(H,14,15). The van der Waals surface area contributed by atoms with Gasteiger partial charge >= 0.3 is 0 Å². The number of carbonyl (C=O) groups excluding carboxylic acids is 1. The monoisotopic (exact) mass is 272 g/mol. The lowest BCUT2D eigenvalue weighted by atomic mass is 9.92. The molecule has 0 saturated heterocycles. The maximum absolute atomic E-state index is 11.5. The molecule has 0 saturated carbocycles. The third-order valence-corrected chi connectivity index (χ3v) is 3.51. The highest BCUT2D eigenvalue weighted by atomic mass is 35.5. The summed E-state index contributed by atoms with van der Waals surface area (Å²) in [6.45, 7) is 4.06. The molecule has 0 aromatic carbocycles. The first-order valence-corrected chi connectivity index (χ1v) is 6.12. The van der Waals surface area contributed by atoms with Crippen molar-refractivity contribution in [2.24, 2.45) is 5.41 Å². The predicted molar refractivity (Wildman–Crippen MR) is 68.2 cm³/mol. The Morgan fingerprint density at radius 1 is 1.65 bits per heavy atom. The molecule has 1 heterocycles. The second kappa shape index (κ2) is 5.34. The van der Waals surface area contributed by atoms with Gasteiger partial charge in [-0.1, -0.05) is 22.9 Å². The van der Waals surface area contributed by atoms with Gasteiger partial charge in [0.2, 0.25) is 5.91 Å². The number of rotatable bonds is 4. The molecule has 0 fully saturated rings. The molecule has 0 aliphatic carbocycles. The number of amides is 1. The minimum absolute atomic E-state index is 0.0619. The van der Waals surface area contributed by atoms with Gasteiger partial charge in [0, 0.05) is 13.6 Å². The third kappa shape index (κ3) is 3.32. The van der Waals surface area contributed by atoms with Gasteiger partial charge in [-0.25, -0.2) is 4.98 Å². The molecule has 1 aromatic rings. The van der Waals surface area contributed by atoms with Gasteiger partial charge in [-0.15, -0.1) is 0 Å². The summed E-state index contributed by atoms with van der Waals surface area (Å²) in [5, 5.41) is 15.1. The Morgan fingerprint density at radius 3 is 2.76 bits per heavy atom. The van der Waals surface area contributed by atoms with Crippen LogP contribution in [0.1, 0.15) is 18.7 Å². The molecule has 5 nitrogen and oxygen atoms in total. The van der Waals surface area contributed by atoms with Crippen molar-refractivity contribution in [2.75, 3.05) is 18.9 Å². The van der Waals surface area contributed by atoms with E-state index in [-0.39, 0.29) is 11.1 Å². The highest BCUT2D eigenvalue weighted by Gasteiger charge is 2.26. The summed E-state index contributed by atoms with van der Waals surface area (Å²) >= 11 is 6.91. The smallest absolute Gasteiger partial charge is 0.227 e. The van der Waals surface area contributed by atoms with Crippen LogP contribution in [-0.2, 0) is 4.79 Å². The molecule has 2 N–H and O–H groups in total. The van der Waals surface area contributed by atoms with Crippen LogP contribution in [-0.4, -0.2) is 24.5 Å². The van der Waals surface area contributed by atoms with Gasteiger partial charge < -0.3 is 10.6 Å². The van der Waals surface area contributed by atoms with E-state index in [1.807, 2.05) is 19.9 Å². The number of nitrogens with zero attached hydrogens (tertiary/aromatic N) is 2.